The second-order valence-corrected chi connectivity index (χ2v) is 12.8. The molecule has 3 aromatic rings. The number of halogens is 2. The predicted molar refractivity (Wildman–Crippen MR) is 157 cm³/mol. The van der Waals surface area contributed by atoms with Gasteiger partial charge >= 0.3 is 0 Å². The van der Waals surface area contributed by atoms with Crippen molar-refractivity contribution in [3.63, 3.8) is 0 Å². The van der Waals surface area contributed by atoms with E-state index in [4.69, 9.17) is 23.2 Å². The minimum atomic E-state index is -3.71. The van der Waals surface area contributed by atoms with E-state index in [1.54, 1.807) is 41.3 Å². The van der Waals surface area contributed by atoms with E-state index in [0.29, 0.717) is 40.5 Å². The fraction of sp³-hybridized carbons (Fsp3) is 0.379. The van der Waals surface area contributed by atoms with Gasteiger partial charge in [-0.3, -0.25) is 13.9 Å². The number of rotatable bonds is 11. The third kappa shape index (κ3) is 6.18. The molecule has 0 spiro atoms. The lowest BCUT2D eigenvalue weighted by Gasteiger charge is -2.31. The monoisotopic (exact) mass is 589 g/mol. The number of nitrogens with zero attached hydrogens (tertiary/aromatic N) is 2. The van der Waals surface area contributed by atoms with Crippen molar-refractivity contribution in [1.82, 2.24) is 10.2 Å². The number of hydrogen-bond acceptors (Lipinski definition) is 4. The van der Waals surface area contributed by atoms with Gasteiger partial charge in [0.2, 0.25) is 11.8 Å². The first-order valence-electron chi connectivity index (χ1n) is 13.1. The molecule has 0 bridgehead atoms. The molecule has 0 aliphatic carbocycles. The molecule has 1 unspecified atom stereocenters. The quantitative estimate of drug-likeness (QED) is 0.296. The highest BCUT2D eigenvalue weighted by atomic mass is 35.5. The maximum absolute atomic E-state index is 13.6. The van der Waals surface area contributed by atoms with Gasteiger partial charge in [0.1, 0.15) is 6.04 Å². The van der Waals surface area contributed by atoms with Crippen LogP contribution in [-0.2, 0) is 26.2 Å². The van der Waals surface area contributed by atoms with Crippen molar-refractivity contribution in [3.8, 4) is 0 Å². The molecular formula is C29H33Cl2N3O4S. The van der Waals surface area contributed by atoms with Crippen LogP contribution in [0.5, 0.6) is 0 Å². The number of carbonyl (C=O) groups is 2. The highest BCUT2D eigenvalue weighted by Crippen LogP contribution is 2.42. The first-order valence-corrected chi connectivity index (χ1v) is 15.3. The lowest BCUT2D eigenvalue weighted by atomic mass is 10.1. The number of benzene rings is 3. The summed E-state index contributed by atoms with van der Waals surface area (Å²) in [4.78, 5) is 28.5. The van der Waals surface area contributed by atoms with Crippen molar-refractivity contribution >= 4 is 61.5 Å². The largest absolute Gasteiger partial charge is 0.354 e. The van der Waals surface area contributed by atoms with Crippen LogP contribution in [0.25, 0.3) is 10.8 Å². The van der Waals surface area contributed by atoms with Crippen molar-refractivity contribution in [2.45, 2.75) is 57.5 Å². The summed E-state index contributed by atoms with van der Waals surface area (Å²) >= 11 is 12.3. The maximum Gasteiger partial charge on any atom is 0.265 e. The highest BCUT2D eigenvalue weighted by molar-refractivity contribution is 7.93. The van der Waals surface area contributed by atoms with Gasteiger partial charge in [0.15, 0.2) is 0 Å². The Morgan fingerprint density at radius 2 is 1.74 bits per heavy atom. The number of nitrogens with one attached hydrogen (secondary N) is 1. The molecule has 0 saturated heterocycles. The van der Waals surface area contributed by atoms with Gasteiger partial charge in [-0.2, -0.15) is 0 Å². The summed E-state index contributed by atoms with van der Waals surface area (Å²) in [6.07, 6.45) is 0.798. The summed E-state index contributed by atoms with van der Waals surface area (Å²) in [6.45, 7) is 6.71. The molecule has 1 atom stereocenters. The van der Waals surface area contributed by atoms with E-state index in [2.05, 4.69) is 5.32 Å². The molecule has 10 heteroatoms. The SMILES string of the molecule is CCC(C(=O)NCC(C)C)N(Cc1ccc(Cl)c(Cl)c1)C(=O)CCCN1c2cccc3cccc(c23)S1(=O)=O. The first kappa shape index (κ1) is 29.2. The molecule has 4 rings (SSSR count). The lowest BCUT2D eigenvalue weighted by Crippen LogP contribution is -2.49. The average molecular weight is 591 g/mol. The zero-order chi connectivity index (χ0) is 28.3. The van der Waals surface area contributed by atoms with Gasteiger partial charge in [0.25, 0.3) is 10.0 Å². The zero-order valence-corrected chi connectivity index (χ0v) is 24.6. The Morgan fingerprint density at radius 1 is 1.03 bits per heavy atom. The van der Waals surface area contributed by atoms with Crippen LogP contribution in [0, 0.1) is 5.92 Å². The van der Waals surface area contributed by atoms with Crippen LogP contribution in [0.1, 0.15) is 45.6 Å². The molecule has 3 aromatic carbocycles. The van der Waals surface area contributed by atoms with Crippen molar-refractivity contribution in [1.29, 1.82) is 0 Å². The van der Waals surface area contributed by atoms with E-state index in [-0.39, 0.29) is 42.1 Å². The number of hydrogen-bond donors (Lipinski definition) is 1. The first-order chi connectivity index (χ1) is 18.5. The van der Waals surface area contributed by atoms with Crippen LogP contribution >= 0.6 is 23.2 Å². The topological polar surface area (TPSA) is 86.8 Å². The predicted octanol–water partition coefficient (Wildman–Crippen LogP) is 6.02. The van der Waals surface area contributed by atoms with Crippen LogP contribution in [0.3, 0.4) is 0 Å². The Bertz CT molecular complexity index is 1490. The molecule has 1 N–H and O–H groups in total. The Balaban J connectivity index is 1.52. The summed E-state index contributed by atoms with van der Waals surface area (Å²) in [5.74, 6) is -0.189. The molecule has 0 radical (unpaired) electrons. The summed E-state index contributed by atoms with van der Waals surface area (Å²) in [7, 11) is -3.71. The lowest BCUT2D eigenvalue weighted by molar-refractivity contribution is -0.141. The Morgan fingerprint density at radius 3 is 2.41 bits per heavy atom. The third-order valence-corrected chi connectivity index (χ3v) is 9.44. The molecule has 39 heavy (non-hydrogen) atoms. The normalized spacial score (nSPS) is 14.6. The summed E-state index contributed by atoms with van der Waals surface area (Å²) < 4.78 is 28.0. The number of amides is 2. The average Bonchev–Trinajstić information content (AvgIpc) is 3.12. The number of carbonyl (C=O) groups excluding carboxylic acids is 2. The van der Waals surface area contributed by atoms with Gasteiger partial charge < -0.3 is 10.2 Å². The molecule has 1 heterocycles. The Labute approximate surface area is 240 Å². The van der Waals surface area contributed by atoms with Gasteiger partial charge in [-0.05, 0) is 54.0 Å². The highest BCUT2D eigenvalue weighted by Gasteiger charge is 2.35. The molecule has 208 valence electrons. The van der Waals surface area contributed by atoms with Crippen LogP contribution in [0.15, 0.2) is 59.5 Å². The standard InChI is InChI=1S/C29H33Cl2N3O4S/c1-4-24(29(36)32-17-19(2)3)33(18-20-13-14-22(30)23(31)16-20)27(35)12-7-15-34-25-10-5-8-21-9-6-11-26(28(21)25)39(34,37)38/h5-6,8-11,13-14,16,19,24H,4,7,12,15,17-18H2,1-3H3,(H,32,36). The van der Waals surface area contributed by atoms with E-state index in [1.165, 1.54) is 4.31 Å². The fourth-order valence-corrected chi connectivity index (χ4v) is 6.96. The van der Waals surface area contributed by atoms with Crippen LogP contribution in [0.4, 0.5) is 5.69 Å². The fourth-order valence-electron chi connectivity index (χ4n) is 4.89. The molecule has 0 saturated carbocycles. The Hall–Kier alpha value is -2.81. The molecule has 7 nitrogen and oxygen atoms in total. The summed E-state index contributed by atoms with van der Waals surface area (Å²) in [6, 6.07) is 15.2. The van der Waals surface area contributed by atoms with E-state index in [1.807, 2.05) is 39.0 Å². The van der Waals surface area contributed by atoms with Crippen LogP contribution in [-0.4, -0.2) is 44.3 Å². The van der Waals surface area contributed by atoms with E-state index < -0.39 is 16.1 Å². The second-order valence-electron chi connectivity index (χ2n) is 10.1. The van der Waals surface area contributed by atoms with Crippen molar-refractivity contribution in [2.24, 2.45) is 5.92 Å². The van der Waals surface area contributed by atoms with Gasteiger partial charge in [-0.25, -0.2) is 8.42 Å². The van der Waals surface area contributed by atoms with Gasteiger partial charge in [-0.15, -0.1) is 0 Å². The molecule has 0 aromatic heterocycles. The Kier molecular flexibility index (Phi) is 9.09. The maximum atomic E-state index is 13.6. The summed E-state index contributed by atoms with van der Waals surface area (Å²) in [5, 5.41) is 5.28. The smallest absolute Gasteiger partial charge is 0.265 e. The van der Waals surface area contributed by atoms with Crippen LogP contribution in [0.2, 0.25) is 10.0 Å². The van der Waals surface area contributed by atoms with Crippen molar-refractivity contribution < 1.29 is 18.0 Å². The van der Waals surface area contributed by atoms with Gasteiger partial charge in [-0.1, -0.05) is 74.3 Å². The molecule has 2 amide bonds. The third-order valence-electron chi connectivity index (χ3n) is 6.84. The molecule has 1 aliphatic rings. The number of sulfonamides is 1. The molecule has 1 aliphatic heterocycles. The second kappa shape index (κ2) is 12.1. The molecule has 0 fully saturated rings. The van der Waals surface area contributed by atoms with Crippen molar-refractivity contribution in [3.05, 3.63) is 70.2 Å². The van der Waals surface area contributed by atoms with E-state index in [9.17, 15) is 18.0 Å². The van der Waals surface area contributed by atoms with E-state index in [0.717, 1.165) is 10.9 Å². The number of anilines is 1. The van der Waals surface area contributed by atoms with Crippen LogP contribution < -0.4 is 9.62 Å². The minimum absolute atomic E-state index is 0.0770. The minimum Gasteiger partial charge on any atom is -0.354 e. The van der Waals surface area contributed by atoms with E-state index >= 15 is 0 Å². The van der Waals surface area contributed by atoms with Gasteiger partial charge in [0.05, 0.1) is 20.6 Å². The van der Waals surface area contributed by atoms with Gasteiger partial charge in [0, 0.05) is 31.4 Å². The molecular weight excluding hydrogens is 557 g/mol. The zero-order valence-electron chi connectivity index (χ0n) is 22.3. The summed E-state index contributed by atoms with van der Waals surface area (Å²) in [5.41, 5.74) is 1.37. The van der Waals surface area contributed by atoms with Crippen molar-refractivity contribution in [2.75, 3.05) is 17.4 Å².